The van der Waals surface area contributed by atoms with Crippen molar-refractivity contribution in [3.8, 4) is 0 Å². The van der Waals surface area contributed by atoms with E-state index in [9.17, 15) is 0 Å². The van der Waals surface area contributed by atoms with E-state index in [2.05, 4.69) is 4.98 Å². The van der Waals surface area contributed by atoms with Crippen molar-refractivity contribution in [1.82, 2.24) is 4.98 Å². The van der Waals surface area contributed by atoms with Crippen molar-refractivity contribution in [2.75, 3.05) is 12.0 Å². The van der Waals surface area contributed by atoms with Crippen LogP contribution in [0.2, 0.25) is 0 Å². The van der Waals surface area contributed by atoms with Crippen LogP contribution in [-0.2, 0) is 0 Å². The Morgan fingerprint density at radius 3 is 3.08 bits per heavy atom. The number of rotatable bonds is 1. The number of oxazole rings is 1. The average molecular weight is 180 g/mol. The quantitative estimate of drug-likeness (QED) is 0.683. The largest absolute Gasteiger partial charge is 0.424 e. The number of hydrogen-bond acceptors (Lipinski definition) is 4. The van der Waals surface area contributed by atoms with E-state index in [4.69, 9.17) is 10.2 Å². The second-order valence-electron chi connectivity index (χ2n) is 2.39. The van der Waals surface area contributed by atoms with Crippen LogP contribution in [0.5, 0.6) is 0 Å². The number of benzene rings is 1. The van der Waals surface area contributed by atoms with Crippen LogP contribution in [-0.4, -0.2) is 11.2 Å². The van der Waals surface area contributed by atoms with Gasteiger partial charge in [-0.05, 0) is 24.5 Å². The van der Waals surface area contributed by atoms with E-state index >= 15 is 0 Å². The van der Waals surface area contributed by atoms with Gasteiger partial charge in [-0.3, -0.25) is 0 Å². The Labute approximate surface area is 74.0 Å². The van der Waals surface area contributed by atoms with Crippen LogP contribution in [0, 0.1) is 0 Å². The molecule has 3 nitrogen and oxygen atoms in total. The number of nitrogen functional groups attached to an aromatic ring is 1. The van der Waals surface area contributed by atoms with Gasteiger partial charge in [-0.2, -0.15) is 4.98 Å². The van der Waals surface area contributed by atoms with Crippen LogP contribution in [0.1, 0.15) is 0 Å². The van der Waals surface area contributed by atoms with Gasteiger partial charge in [0.1, 0.15) is 5.52 Å². The number of aromatic nitrogens is 1. The van der Waals surface area contributed by atoms with Crippen molar-refractivity contribution in [3.05, 3.63) is 18.2 Å². The van der Waals surface area contributed by atoms with Gasteiger partial charge in [-0.15, -0.1) is 11.8 Å². The van der Waals surface area contributed by atoms with Gasteiger partial charge in [0.05, 0.1) is 0 Å². The number of nitrogens with zero attached hydrogens (tertiary/aromatic N) is 1. The average Bonchev–Trinajstić information content (AvgIpc) is 2.43. The molecule has 2 rings (SSSR count). The predicted octanol–water partition coefficient (Wildman–Crippen LogP) is 2.13. The fourth-order valence-electron chi connectivity index (χ4n) is 1.05. The molecule has 0 aliphatic rings. The van der Waals surface area contributed by atoms with Crippen LogP contribution in [0.15, 0.2) is 27.5 Å². The van der Waals surface area contributed by atoms with Gasteiger partial charge in [0, 0.05) is 4.90 Å². The van der Waals surface area contributed by atoms with E-state index in [0.29, 0.717) is 0 Å². The summed E-state index contributed by atoms with van der Waals surface area (Å²) in [4.78, 5) is 5.14. The van der Waals surface area contributed by atoms with E-state index in [1.54, 1.807) is 11.8 Å². The molecule has 0 unspecified atom stereocenters. The molecule has 4 heteroatoms. The smallest absolute Gasteiger partial charge is 0.292 e. The highest BCUT2D eigenvalue weighted by atomic mass is 32.2. The molecule has 0 fully saturated rings. The molecule has 12 heavy (non-hydrogen) atoms. The first-order valence-electron chi connectivity index (χ1n) is 3.49. The summed E-state index contributed by atoms with van der Waals surface area (Å²) < 4.78 is 5.16. The lowest BCUT2D eigenvalue weighted by molar-refractivity contribution is 0.625. The molecule has 2 aromatic rings. The second kappa shape index (κ2) is 2.71. The fourth-order valence-corrected chi connectivity index (χ4v) is 1.48. The molecule has 2 N–H and O–H groups in total. The van der Waals surface area contributed by atoms with Crippen molar-refractivity contribution in [2.24, 2.45) is 0 Å². The Hall–Kier alpha value is -1.16. The minimum absolute atomic E-state index is 0.225. The van der Waals surface area contributed by atoms with Crippen molar-refractivity contribution in [3.63, 3.8) is 0 Å². The third-order valence-electron chi connectivity index (χ3n) is 1.61. The zero-order chi connectivity index (χ0) is 8.55. The maximum absolute atomic E-state index is 5.40. The molecule has 0 aliphatic heterocycles. The second-order valence-corrected chi connectivity index (χ2v) is 3.27. The maximum atomic E-state index is 5.40. The molecule has 0 atom stereocenters. The van der Waals surface area contributed by atoms with Crippen molar-refractivity contribution in [2.45, 2.75) is 4.90 Å². The summed E-state index contributed by atoms with van der Waals surface area (Å²) >= 11 is 1.66. The maximum Gasteiger partial charge on any atom is 0.292 e. The van der Waals surface area contributed by atoms with Gasteiger partial charge in [0.2, 0.25) is 0 Å². The van der Waals surface area contributed by atoms with Crippen LogP contribution in [0.25, 0.3) is 11.1 Å². The molecule has 1 aromatic heterocycles. The normalized spacial score (nSPS) is 10.8. The number of thioether (sulfide) groups is 1. The first-order valence-corrected chi connectivity index (χ1v) is 4.72. The highest BCUT2D eigenvalue weighted by Crippen LogP contribution is 2.22. The van der Waals surface area contributed by atoms with E-state index in [1.165, 1.54) is 0 Å². The lowest BCUT2D eigenvalue weighted by Crippen LogP contribution is -1.80. The summed E-state index contributed by atoms with van der Waals surface area (Å²) in [5.74, 6) is 0. The van der Waals surface area contributed by atoms with Gasteiger partial charge in [-0.25, -0.2) is 0 Å². The Morgan fingerprint density at radius 2 is 2.33 bits per heavy atom. The zero-order valence-electron chi connectivity index (χ0n) is 6.57. The lowest BCUT2D eigenvalue weighted by Gasteiger charge is -1.92. The topological polar surface area (TPSA) is 52.0 Å². The van der Waals surface area contributed by atoms with E-state index < -0.39 is 0 Å². The standard InChI is InChI=1S/C8H8N2OS/c1-12-5-2-3-6-7(4-5)11-8(9)10-6/h2-4H,1H3,(H2,9,10). The van der Waals surface area contributed by atoms with E-state index in [1.807, 2.05) is 24.5 Å². The zero-order valence-corrected chi connectivity index (χ0v) is 7.39. The Balaban J connectivity index is 2.66. The third-order valence-corrected chi connectivity index (χ3v) is 2.34. The van der Waals surface area contributed by atoms with Gasteiger partial charge < -0.3 is 10.2 Å². The number of hydrogen-bond donors (Lipinski definition) is 1. The first-order chi connectivity index (χ1) is 5.79. The summed E-state index contributed by atoms with van der Waals surface area (Å²) in [5.41, 5.74) is 6.96. The molecular weight excluding hydrogens is 172 g/mol. The number of nitrogens with two attached hydrogens (primary N) is 1. The summed E-state index contributed by atoms with van der Waals surface area (Å²) in [6.07, 6.45) is 2.01. The van der Waals surface area contributed by atoms with Crippen molar-refractivity contribution < 1.29 is 4.42 Å². The number of fused-ring (bicyclic) bond motifs is 1. The molecule has 0 saturated carbocycles. The minimum atomic E-state index is 0.225. The van der Waals surface area contributed by atoms with E-state index in [0.717, 1.165) is 16.0 Å². The van der Waals surface area contributed by atoms with Gasteiger partial charge in [0.25, 0.3) is 6.01 Å². The molecule has 1 heterocycles. The summed E-state index contributed by atoms with van der Waals surface area (Å²) in [6.45, 7) is 0. The summed E-state index contributed by atoms with van der Waals surface area (Å²) in [7, 11) is 0. The Morgan fingerprint density at radius 1 is 1.50 bits per heavy atom. The van der Waals surface area contributed by atoms with Crippen molar-refractivity contribution >= 4 is 28.9 Å². The van der Waals surface area contributed by atoms with Gasteiger partial charge in [-0.1, -0.05) is 0 Å². The predicted molar refractivity (Wildman–Crippen MR) is 50.2 cm³/mol. The summed E-state index contributed by atoms with van der Waals surface area (Å²) in [5, 5.41) is 0. The molecule has 0 bridgehead atoms. The summed E-state index contributed by atoms with van der Waals surface area (Å²) in [6, 6.07) is 6.06. The van der Waals surface area contributed by atoms with Crippen LogP contribution in [0.3, 0.4) is 0 Å². The monoisotopic (exact) mass is 180 g/mol. The molecular formula is C8H8N2OS. The SMILES string of the molecule is CSc1ccc2nc(N)oc2c1. The highest BCUT2D eigenvalue weighted by molar-refractivity contribution is 7.98. The Kier molecular flexibility index (Phi) is 1.69. The Bertz CT molecular complexity index is 410. The molecule has 0 radical (unpaired) electrons. The van der Waals surface area contributed by atoms with Gasteiger partial charge in [0.15, 0.2) is 5.58 Å². The van der Waals surface area contributed by atoms with Crippen molar-refractivity contribution in [1.29, 1.82) is 0 Å². The molecule has 0 spiro atoms. The molecule has 1 aromatic carbocycles. The molecule has 0 saturated heterocycles. The van der Waals surface area contributed by atoms with Crippen LogP contribution < -0.4 is 5.73 Å². The third kappa shape index (κ3) is 1.14. The molecule has 0 amide bonds. The minimum Gasteiger partial charge on any atom is -0.424 e. The van der Waals surface area contributed by atoms with Crippen LogP contribution in [0.4, 0.5) is 6.01 Å². The first kappa shape index (κ1) is 7.49. The van der Waals surface area contributed by atoms with E-state index in [-0.39, 0.29) is 6.01 Å². The highest BCUT2D eigenvalue weighted by Gasteiger charge is 2.02. The lowest BCUT2D eigenvalue weighted by atomic mass is 10.3. The van der Waals surface area contributed by atoms with Crippen LogP contribution >= 0.6 is 11.8 Å². The van der Waals surface area contributed by atoms with Gasteiger partial charge >= 0.3 is 0 Å². The number of anilines is 1. The fraction of sp³-hybridized carbons (Fsp3) is 0.125. The molecule has 62 valence electrons. The molecule has 0 aliphatic carbocycles.